The third-order valence-electron chi connectivity index (χ3n) is 4.20. The van der Waals surface area contributed by atoms with Crippen LogP contribution >= 0.6 is 0 Å². The summed E-state index contributed by atoms with van der Waals surface area (Å²) < 4.78 is 3.98. The van der Waals surface area contributed by atoms with Crippen LogP contribution in [0.3, 0.4) is 0 Å². The number of imidazole rings is 1. The SMILES string of the molecule is CCCn1c(C)cnc1C1CN(C(=O)Cn2ccc(C)n2)C1. The molecule has 0 aromatic carbocycles. The zero-order chi connectivity index (χ0) is 15.7. The first-order valence-electron chi connectivity index (χ1n) is 7.88. The van der Waals surface area contributed by atoms with Crippen LogP contribution in [0.5, 0.6) is 0 Å². The number of nitrogens with zero attached hydrogens (tertiary/aromatic N) is 5. The zero-order valence-electron chi connectivity index (χ0n) is 13.5. The Hall–Kier alpha value is -2.11. The van der Waals surface area contributed by atoms with Crippen LogP contribution < -0.4 is 0 Å². The predicted octanol–water partition coefficient (Wildman–Crippen LogP) is 1.73. The van der Waals surface area contributed by atoms with E-state index in [4.69, 9.17) is 0 Å². The molecule has 0 saturated carbocycles. The molecule has 3 heterocycles. The molecule has 1 amide bonds. The minimum Gasteiger partial charge on any atom is -0.339 e. The van der Waals surface area contributed by atoms with Crippen molar-refractivity contribution in [2.45, 2.75) is 46.2 Å². The molecule has 1 fully saturated rings. The molecule has 0 N–H and O–H groups in total. The molecule has 2 aromatic heterocycles. The second-order valence-corrected chi connectivity index (χ2v) is 6.06. The minimum absolute atomic E-state index is 0.129. The van der Waals surface area contributed by atoms with Gasteiger partial charge in [-0.3, -0.25) is 9.48 Å². The van der Waals surface area contributed by atoms with Gasteiger partial charge in [0.1, 0.15) is 12.4 Å². The number of carbonyl (C=O) groups is 1. The lowest BCUT2D eigenvalue weighted by atomic mass is 9.99. The average molecular weight is 301 g/mol. The highest BCUT2D eigenvalue weighted by molar-refractivity contribution is 5.77. The van der Waals surface area contributed by atoms with Gasteiger partial charge in [0.15, 0.2) is 0 Å². The molecule has 0 radical (unpaired) electrons. The van der Waals surface area contributed by atoms with E-state index < -0.39 is 0 Å². The third-order valence-corrected chi connectivity index (χ3v) is 4.20. The summed E-state index contributed by atoms with van der Waals surface area (Å²) in [5, 5.41) is 4.26. The smallest absolute Gasteiger partial charge is 0.244 e. The summed E-state index contributed by atoms with van der Waals surface area (Å²) in [5.74, 6) is 1.62. The second-order valence-electron chi connectivity index (χ2n) is 6.06. The van der Waals surface area contributed by atoms with Crippen molar-refractivity contribution in [3.63, 3.8) is 0 Å². The molecule has 3 rings (SSSR count). The van der Waals surface area contributed by atoms with E-state index in [-0.39, 0.29) is 5.91 Å². The Morgan fingerprint density at radius 3 is 2.77 bits per heavy atom. The molecule has 2 aromatic rings. The Labute approximate surface area is 130 Å². The van der Waals surface area contributed by atoms with Crippen LogP contribution in [0.25, 0.3) is 0 Å². The van der Waals surface area contributed by atoms with Crippen LogP contribution in [-0.2, 0) is 17.9 Å². The number of carbonyl (C=O) groups excluding carboxylic acids is 1. The van der Waals surface area contributed by atoms with Crippen molar-refractivity contribution in [3.8, 4) is 0 Å². The molecular weight excluding hydrogens is 278 g/mol. The Morgan fingerprint density at radius 2 is 2.14 bits per heavy atom. The van der Waals surface area contributed by atoms with Crippen LogP contribution in [0.15, 0.2) is 18.5 Å². The minimum atomic E-state index is 0.129. The highest BCUT2D eigenvalue weighted by Crippen LogP contribution is 2.27. The van der Waals surface area contributed by atoms with Crippen LogP contribution in [0.1, 0.15) is 36.5 Å². The summed E-state index contributed by atoms with van der Waals surface area (Å²) >= 11 is 0. The largest absolute Gasteiger partial charge is 0.339 e. The molecule has 22 heavy (non-hydrogen) atoms. The van der Waals surface area contributed by atoms with Gasteiger partial charge in [-0.05, 0) is 26.3 Å². The van der Waals surface area contributed by atoms with Gasteiger partial charge in [0.05, 0.1) is 11.6 Å². The van der Waals surface area contributed by atoms with Crippen LogP contribution in [0.2, 0.25) is 0 Å². The van der Waals surface area contributed by atoms with Gasteiger partial charge in [-0.15, -0.1) is 0 Å². The Balaban J connectivity index is 1.58. The Bertz CT molecular complexity index is 666. The van der Waals surface area contributed by atoms with Gasteiger partial charge in [0.2, 0.25) is 5.91 Å². The highest BCUT2D eigenvalue weighted by Gasteiger charge is 2.34. The van der Waals surface area contributed by atoms with Gasteiger partial charge in [-0.25, -0.2) is 4.98 Å². The van der Waals surface area contributed by atoms with Gasteiger partial charge in [0.25, 0.3) is 0 Å². The van der Waals surface area contributed by atoms with E-state index in [0.717, 1.165) is 37.6 Å². The summed E-state index contributed by atoms with van der Waals surface area (Å²) in [6.45, 7) is 9.04. The normalized spacial score (nSPS) is 15.1. The monoisotopic (exact) mass is 301 g/mol. The van der Waals surface area contributed by atoms with Crippen molar-refractivity contribution >= 4 is 5.91 Å². The molecule has 0 spiro atoms. The number of aryl methyl sites for hydroxylation is 2. The maximum absolute atomic E-state index is 12.2. The molecule has 118 valence electrons. The van der Waals surface area contributed by atoms with Crippen LogP contribution in [0.4, 0.5) is 0 Å². The van der Waals surface area contributed by atoms with Gasteiger partial charge < -0.3 is 9.47 Å². The molecule has 0 aliphatic carbocycles. The van der Waals surface area contributed by atoms with Gasteiger partial charge in [-0.1, -0.05) is 6.92 Å². The number of rotatable bonds is 5. The predicted molar refractivity (Wildman–Crippen MR) is 83.5 cm³/mol. The molecule has 1 aliphatic rings. The van der Waals surface area contributed by atoms with Crippen molar-refractivity contribution in [2.75, 3.05) is 13.1 Å². The summed E-state index contributed by atoms with van der Waals surface area (Å²) in [5.41, 5.74) is 2.14. The molecule has 1 aliphatic heterocycles. The van der Waals surface area contributed by atoms with Crippen molar-refractivity contribution in [1.82, 2.24) is 24.2 Å². The van der Waals surface area contributed by atoms with E-state index in [0.29, 0.717) is 12.5 Å². The van der Waals surface area contributed by atoms with E-state index >= 15 is 0 Å². The maximum atomic E-state index is 12.2. The lowest BCUT2D eigenvalue weighted by Gasteiger charge is -2.39. The third kappa shape index (κ3) is 2.77. The number of aromatic nitrogens is 4. The summed E-state index contributed by atoms with van der Waals surface area (Å²) in [6, 6.07) is 1.91. The van der Waals surface area contributed by atoms with Crippen LogP contribution in [-0.4, -0.2) is 43.2 Å². The molecule has 6 heteroatoms. The van der Waals surface area contributed by atoms with Gasteiger partial charge >= 0.3 is 0 Å². The standard InChI is InChI=1S/C16H23N5O/c1-4-6-21-13(3)8-17-16(21)14-9-19(10-14)15(22)11-20-7-5-12(2)18-20/h5,7-8,14H,4,6,9-11H2,1-3H3. The molecular formula is C16H23N5O. The summed E-state index contributed by atoms with van der Waals surface area (Å²) in [7, 11) is 0. The first-order valence-corrected chi connectivity index (χ1v) is 7.88. The van der Waals surface area contributed by atoms with Gasteiger partial charge in [-0.2, -0.15) is 5.10 Å². The first-order chi connectivity index (χ1) is 10.6. The number of hydrogen-bond acceptors (Lipinski definition) is 3. The van der Waals surface area contributed by atoms with Crippen molar-refractivity contribution in [1.29, 1.82) is 0 Å². The molecule has 0 bridgehead atoms. The summed E-state index contributed by atoms with van der Waals surface area (Å²) in [4.78, 5) is 18.7. The average Bonchev–Trinajstić information content (AvgIpc) is 2.97. The number of likely N-dealkylation sites (tertiary alicyclic amines) is 1. The molecule has 0 atom stereocenters. The van der Waals surface area contributed by atoms with E-state index in [9.17, 15) is 4.79 Å². The van der Waals surface area contributed by atoms with Gasteiger partial charge in [0, 0.05) is 37.7 Å². The van der Waals surface area contributed by atoms with E-state index in [1.165, 1.54) is 5.69 Å². The highest BCUT2D eigenvalue weighted by atomic mass is 16.2. The van der Waals surface area contributed by atoms with Crippen LogP contribution in [0, 0.1) is 13.8 Å². The maximum Gasteiger partial charge on any atom is 0.244 e. The van der Waals surface area contributed by atoms with Crippen molar-refractivity contribution in [2.24, 2.45) is 0 Å². The second kappa shape index (κ2) is 5.94. The topological polar surface area (TPSA) is 56.0 Å². The molecule has 1 saturated heterocycles. The summed E-state index contributed by atoms with van der Waals surface area (Å²) in [6.07, 6.45) is 4.88. The lowest BCUT2D eigenvalue weighted by molar-refractivity contribution is -0.136. The fraction of sp³-hybridized carbons (Fsp3) is 0.562. The van der Waals surface area contributed by atoms with E-state index in [2.05, 4.69) is 28.5 Å². The first kappa shape index (κ1) is 14.8. The fourth-order valence-corrected chi connectivity index (χ4v) is 2.96. The lowest BCUT2D eigenvalue weighted by Crippen LogP contribution is -2.50. The molecule has 6 nitrogen and oxygen atoms in total. The van der Waals surface area contributed by atoms with E-state index in [1.807, 2.05) is 30.3 Å². The number of amides is 1. The van der Waals surface area contributed by atoms with E-state index in [1.54, 1.807) is 4.68 Å². The zero-order valence-corrected chi connectivity index (χ0v) is 13.5. The Kier molecular flexibility index (Phi) is 4.00. The fourth-order valence-electron chi connectivity index (χ4n) is 2.96. The Morgan fingerprint density at radius 1 is 1.36 bits per heavy atom. The quantitative estimate of drug-likeness (QED) is 0.845. The van der Waals surface area contributed by atoms with Crippen molar-refractivity contribution < 1.29 is 4.79 Å². The number of hydrogen-bond donors (Lipinski definition) is 0. The van der Waals surface area contributed by atoms with Crippen molar-refractivity contribution in [3.05, 3.63) is 35.7 Å². The molecule has 0 unspecified atom stereocenters.